The lowest BCUT2D eigenvalue weighted by Crippen LogP contribution is -2.31. The first-order valence-electron chi connectivity index (χ1n) is 8.96. The zero-order valence-electron chi connectivity index (χ0n) is 15.0. The van der Waals surface area contributed by atoms with Crippen molar-refractivity contribution in [1.29, 1.82) is 0 Å². The third-order valence-electron chi connectivity index (χ3n) is 4.50. The maximum Gasteiger partial charge on any atom is 0.366 e. The van der Waals surface area contributed by atoms with Gasteiger partial charge in [-0.3, -0.25) is 0 Å². The van der Waals surface area contributed by atoms with Crippen molar-refractivity contribution in [2.75, 3.05) is 6.61 Å². The summed E-state index contributed by atoms with van der Waals surface area (Å²) < 4.78 is 6.88. The summed E-state index contributed by atoms with van der Waals surface area (Å²) in [7, 11) is 0. The van der Waals surface area contributed by atoms with Crippen LogP contribution < -0.4 is 9.58 Å². The number of para-hydroxylation sites is 2. The molecular formula is C21H19N3O3. The minimum absolute atomic E-state index is 0.342. The van der Waals surface area contributed by atoms with E-state index in [2.05, 4.69) is 12.1 Å². The molecule has 1 heterocycles. The highest BCUT2D eigenvalue weighted by molar-refractivity contribution is 6.02. The van der Waals surface area contributed by atoms with Gasteiger partial charge in [0.25, 0.3) is 0 Å². The van der Waals surface area contributed by atoms with E-state index in [-0.39, 0.29) is 5.91 Å². The van der Waals surface area contributed by atoms with Crippen LogP contribution in [0.15, 0.2) is 60.7 Å². The molecule has 0 amide bonds. The second kappa shape index (κ2) is 7.07. The lowest BCUT2D eigenvalue weighted by molar-refractivity contribution is -0.645. The van der Waals surface area contributed by atoms with Crippen molar-refractivity contribution in [3.05, 3.63) is 71.4 Å². The van der Waals surface area contributed by atoms with Gasteiger partial charge in [0.15, 0.2) is 0 Å². The molecule has 0 spiro atoms. The monoisotopic (exact) mass is 361 g/mol. The van der Waals surface area contributed by atoms with Crippen LogP contribution in [0.5, 0.6) is 5.75 Å². The van der Waals surface area contributed by atoms with Crippen LogP contribution in [-0.4, -0.2) is 22.4 Å². The van der Waals surface area contributed by atoms with Crippen LogP contribution in [0.2, 0.25) is 0 Å². The van der Waals surface area contributed by atoms with Gasteiger partial charge in [-0.15, -0.1) is 4.85 Å². The highest BCUT2D eigenvalue weighted by Crippen LogP contribution is 2.23. The molecule has 0 N–H and O–H groups in total. The first-order chi connectivity index (χ1) is 13.2. The van der Waals surface area contributed by atoms with Crippen LogP contribution in [0, 0.1) is 5.21 Å². The Hall–Kier alpha value is -3.41. The average Bonchev–Trinajstić information content (AvgIpc) is 3.04. The Morgan fingerprint density at radius 3 is 2.74 bits per heavy atom. The van der Waals surface area contributed by atoms with E-state index in [4.69, 9.17) is 4.74 Å². The minimum Gasteiger partial charge on any atom is -0.691 e. The summed E-state index contributed by atoms with van der Waals surface area (Å²) >= 11 is 0. The number of hydrogen-bond acceptors (Lipinski definition) is 4. The van der Waals surface area contributed by atoms with Crippen molar-refractivity contribution >= 4 is 27.7 Å². The molecule has 6 heteroatoms. The lowest BCUT2D eigenvalue weighted by Gasteiger charge is -2.07. The van der Waals surface area contributed by atoms with Crippen LogP contribution in [-0.2, 0) is 0 Å². The third-order valence-corrected chi connectivity index (χ3v) is 4.50. The van der Waals surface area contributed by atoms with Crippen molar-refractivity contribution in [1.82, 2.24) is 9.90 Å². The quantitative estimate of drug-likeness (QED) is 0.309. The van der Waals surface area contributed by atoms with E-state index < -0.39 is 0 Å². The first kappa shape index (κ1) is 17.0. The van der Waals surface area contributed by atoms with Gasteiger partial charge >= 0.3 is 5.91 Å². The number of unbranched alkanes of at least 4 members (excludes halogenated alkanes) is 1. The van der Waals surface area contributed by atoms with E-state index in [9.17, 15) is 10.0 Å². The van der Waals surface area contributed by atoms with Crippen LogP contribution in [0.25, 0.3) is 21.8 Å². The first-order valence-corrected chi connectivity index (χ1v) is 8.96. The summed E-state index contributed by atoms with van der Waals surface area (Å²) in [5.41, 5.74) is 1.31. The molecule has 0 saturated carbocycles. The summed E-state index contributed by atoms with van der Waals surface area (Å²) in [5, 5.41) is 17.6. The van der Waals surface area contributed by atoms with E-state index in [0.29, 0.717) is 28.0 Å². The highest BCUT2D eigenvalue weighted by atomic mass is 16.5. The largest absolute Gasteiger partial charge is 0.691 e. The molecule has 0 fully saturated rings. The van der Waals surface area contributed by atoms with Crippen molar-refractivity contribution in [3.63, 3.8) is 0 Å². The zero-order valence-corrected chi connectivity index (χ0v) is 15.0. The summed E-state index contributed by atoms with van der Waals surface area (Å²) in [6.45, 7) is 2.82. The molecule has 0 radical (unpaired) electrons. The Morgan fingerprint density at radius 1 is 1.11 bits per heavy atom. The van der Waals surface area contributed by atoms with Crippen LogP contribution in [0.1, 0.15) is 30.1 Å². The topological polar surface area (TPSA) is 71.1 Å². The second-order valence-electron chi connectivity index (χ2n) is 6.39. The fraction of sp³-hybridized carbons (Fsp3) is 0.190. The Morgan fingerprint density at radius 2 is 1.89 bits per heavy atom. The molecule has 4 rings (SSSR count). The van der Waals surface area contributed by atoms with Crippen LogP contribution >= 0.6 is 0 Å². The van der Waals surface area contributed by atoms with Gasteiger partial charge in [0.1, 0.15) is 11.0 Å². The van der Waals surface area contributed by atoms with Crippen molar-refractivity contribution < 1.29 is 14.4 Å². The van der Waals surface area contributed by atoms with E-state index >= 15 is 0 Å². The lowest BCUT2D eigenvalue weighted by atomic mass is 10.1. The molecule has 0 atom stereocenters. The van der Waals surface area contributed by atoms with Gasteiger partial charge in [-0.05, 0) is 53.6 Å². The zero-order chi connectivity index (χ0) is 18.8. The van der Waals surface area contributed by atoms with Crippen molar-refractivity contribution in [2.24, 2.45) is 0 Å². The second-order valence-corrected chi connectivity index (χ2v) is 6.39. The number of carbonyl (C=O) groups is 1. The van der Waals surface area contributed by atoms with Crippen molar-refractivity contribution in [3.8, 4) is 5.75 Å². The normalized spacial score (nSPS) is 11.1. The van der Waals surface area contributed by atoms with Gasteiger partial charge in [0.2, 0.25) is 11.0 Å². The fourth-order valence-electron chi connectivity index (χ4n) is 3.04. The molecule has 0 aliphatic carbocycles. The maximum atomic E-state index is 12.9. The fourth-order valence-corrected chi connectivity index (χ4v) is 3.04. The summed E-state index contributed by atoms with van der Waals surface area (Å²) in [4.78, 5) is 13.3. The average molecular weight is 361 g/mol. The van der Waals surface area contributed by atoms with Gasteiger partial charge < -0.3 is 9.94 Å². The number of rotatable bonds is 5. The Kier molecular flexibility index (Phi) is 4.46. The molecule has 0 aliphatic rings. The smallest absolute Gasteiger partial charge is 0.366 e. The van der Waals surface area contributed by atoms with E-state index in [1.807, 2.05) is 24.3 Å². The number of fused-ring (bicyclic) bond motifs is 2. The molecule has 0 unspecified atom stereocenters. The molecule has 0 aliphatic heterocycles. The molecule has 0 bridgehead atoms. The number of nitrogens with zero attached hydrogens (tertiary/aromatic N) is 3. The number of carbonyl (C=O) groups excluding carboxylic acids is 1. The standard InChI is InChI=1S/C21H19N3O3/c1-2-3-12-27-18-11-10-15-13-17(9-8-16(15)14-18)21(25)23-19-6-4-5-7-20(19)24(26)22-23/h4-11,13-14H,2-3,12H2,1H3. The SMILES string of the molecule is CCCCOc1ccc2cc(C(=O)n3n[n+]([O-])c4ccccc43)ccc2c1. The predicted octanol–water partition coefficient (Wildman–Crippen LogP) is 3.69. The number of ether oxygens (including phenoxy) is 1. The number of aromatic nitrogens is 3. The molecule has 27 heavy (non-hydrogen) atoms. The number of benzene rings is 3. The summed E-state index contributed by atoms with van der Waals surface area (Å²) in [6, 6.07) is 18.1. The molecule has 1 aromatic heterocycles. The van der Waals surface area contributed by atoms with Gasteiger partial charge in [-0.1, -0.05) is 42.3 Å². The Balaban J connectivity index is 1.67. The third kappa shape index (κ3) is 3.21. The van der Waals surface area contributed by atoms with Gasteiger partial charge in [0, 0.05) is 0 Å². The molecular weight excluding hydrogens is 342 g/mol. The van der Waals surface area contributed by atoms with Gasteiger partial charge in [0.05, 0.1) is 12.2 Å². The highest BCUT2D eigenvalue weighted by Gasteiger charge is 2.22. The summed E-state index contributed by atoms with van der Waals surface area (Å²) in [6.07, 6.45) is 2.10. The molecule has 3 aromatic carbocycles. The molecule has 0 saturated heterocycles. The van der Waals surface area contributed by atoms with Gasteiger partial charge in [-0.25, -0.2) is 4.79 Å². The van der Waals surface area contributed by atoms with E-state index in [1.54, 1.807) is 36.4 Å². The maximum absolute atomic E-state index is 12.9. The Bertz CT molecular complexity index is 1130. The van der Waals surface area contributed by atoms with E-state index in [1.165, 1.54) is 0 Å². The molecule has 4 aromatic rings. The Labute approximate surface area is 156 Å². The van der Waals surface area contributed by atoms with Crippen LogP contribution in [0.3, 0.4) is 0 Å². The van der Waals surface area contributed by atoms with Crippen LogP contribution in [0.4, 0.5) is 0 Å². The minimum atomic E-state index is -0.342. The number of hydrogen-bond donors (Lipinski definition) is 0. The summed E-state index contributed by atoms with van der Waals surface area (Å²) in [5.74, 6) is 0.478. The predicted molar refractivity (Wildman–Crippen MR) is 103 cm³/mol. The molecule has 6 nitrogen and oxygen atoms in total. The van der Waals surface area contributed by atoms with Crippen molar-refractivity contribution in [2.45, 2.75) is 19.8 Å². The van der Waals surface area contributed by atoms with Gasteiger partial charge in [-0.2, -0.15) is 0 Å². The van der Waals surface area contributed by atoms with E-state index in [0.717, 1.165) is 34.0 Å². The molecule has 136 valence electrons.